The summed E-state index contributed by atoms with van der Waals surface area (Å²) in [5.41, 5.74) is 1.50. The molecule has 0 aliphatic rings. The van der Waals surface area contributed by atoms with Crippen LogP contribution in [0.1, 0.15) is 67.1 Å². The number of thiophene rings is 1. The zero-order valence-electron chi connectivity index (χ0n) is 18.1. The van der Waals surface area contributed by atoms with Crippen molar-refractivity contribution in [2.45, 2.75) is 78.9 Å². The Hall–Kier alpha value is -1.67. The standard InChI is InChI=1S/C21H29BrN4O2S/c1-8-9-10-14-24-15-16(26(14)19(27)28-21(5,6)7)18(25-20(2,3)4)23-12-11-13(22)29-17(12)15/h11H,8-10H2,1-7H3,(H,23,25). The normalized spacial score (nSPS) is 12.7. The molecule has 6 nitrogen and oxygen atoms in total. The van der Waals surface area contributed by atoms with E-state index < -0.39 is 11.7 Å². The minimum absolute atomic E-state index is 0.229. The highest BCUT2D eigenvalue weighted by Gasteiger charge is 2.28. The smallest absolute Gasteiger partial charge is 0.420 e. The number of hydrogen-bond acceptors (Lipinski definition) is 6. The van der Waals surface area contributed by atoms with E-state index in [-0.39, 0.29) is 5.54 Å². The molecule has 3 rings (SSSR count). The Morgan fingerprint density at radius 1 is 1.24 bits per heavy atom. The van der Waals surface area contributed by atoms with Crippen LogP contribution in [0.25, 0.3) is 21.3 Å². The summed E-state index contributed by atoms with van der Waals surface area (Å²) in [6.07, 6.45) is 2.24. The van der Waals surface area contributed by atoms with E-state index in [0.717, 1.165) is 32.4 Å². The minimum Gasteiger partial charge on any atom is -0.443 e. The van der Waals surface area contributed by atoms with Crippen LogP contribution in [0.5, 0.6) is 0 Å². The second-order valence-electron chi connectivity index (χ2n) is 9.24. The first-order valence-corrected chi connectivity index (χ1v) is 11.5. The lowest BCUT2D eigenvalue weighted by molar-refractivity contribution is 0.0539. The number of nitrogens with one attached hydrogen (secondary N) is 1. The second kappa shape index (κ2) is 7.87. The fraction of sp³-hybridized carbons (Fsp3) is 0.571. The largest absolute Gasteiger partial charge is 0.443 e. The van der Waals surface area contributed by atoms with Crippen molar-refractivity contribution in [2.75, 3.05) is 5.32 Å². The van der Waals surface area contributed by atoms with Gasteiger partial charge in [0.1, 0.15) is 22.5 Å². The van der Waals surface area contributed by atoms with E-state index in [4.69, 9.17) is 14.7 Å². The number of ether oxygens (including phenoxy) is 1. The number of anilines is 1. The van der Waals surface area contributed by atoms with E-state index in [1.165, 1.54) is 0 Å². The van der Waals surface area contributed by atoms with Crippen molar-refractivity contribution < 1.29 is 9.53 Å². The minimum atomic E-state index is -0.600. The van der Waals surface area contributed by atoms with Crippen LogP contribution in [0.15, 0.2) is 9.85 Å². The number of aromatic nitrogens is 3. The molecule has 0 unspecified atom stereocenters. The molecule has 8 heteroatoms. The van der Waals surface area contributed by atoms with Crippen molar-refractivity contribution in [3.05, 3.63) is 15.7 Å². The van der Waals surface area contributed by atoms with Gasteiger partial charge in [0.2, 0.25) is 0 Å². The number of aryl methyl sites for hydroxylation is 1. The van der Waals surface area contributed by atoms with Gasteiger partial charge in [0.15, 0.2) is 5.82 Å². The zero-order chi connectivity index (χ0) is 21.6. The molecule has 0 saturated carbocycles. The van der Waals surface area contributed by atoms with Crippen LogP contribution < -0.4 is 5.32 Å². The fourth-order valence-corrected chi connectivity index (χ4v) is 4.59. The van der Waals surface area contributed by atoms with Gasteiger partial charge >= 0.3 is 6.09 Å². The first-order valence-electron chi connectivity index (χ1n) is 9.91. The van der Waals surface area contributed by atoms with Crippen molar-refractivity contribution in [1.82, 2.24) is 14.5 Å². The Balaban J connectivity index is 2.34. The summed E-state index contributed by atoms with van der Waals surface area (Å²) in [7, 11) is 0. The number of unbranched alkanes of at least 4 members (excludes halogenated alkanes) is 1. The SMILES string of the molecule is CCCCc1nc2c3sc(Br)cc3nc(NC(C)(C)C)c2n1C(=O)OC(C)(C)C. The molecule has 0 saturated heterocycles. The highest BCUT2D eigenvalue weighted by Crippen LogP contribution is 2.38. The average Bonchev–Trinajstić information content (AvgIpc) is 3.09. The number of carbonyl (C=O) groups is 1. The number of carbonyl (C=O) groups excluding carboxylic acids is 1. The van der Waals surface area contributed by atoms with Crippen LogP contribution in [-0.2, 0) is 11.2 Å². The molecule has 3 aromatic heterocycles. The number of imidazole rings is 1. The molecule has 0 aliphatic carbocycles. The van der Waals surface area contributed by atoms with Gasteiger partial charge in [0, 0.05) is 12.0 Å². The molecule has 0 radical (unpaired) electrons. The van der Waals surface area contributed by atoms with Crippen molar-refractivity contribution in [1.29, 1.82) is 0 Å². The monoisotopic (exact) mass is 480 g/mol. The van der Waals surface area contributed by atoms with Gasteiger partial charge < -0.3 is 10.1 Å². The number of nitrogens with zero attached hydrogens (tertiary/aromatic N) is 3. The molecule has 3 aromatic rings. The highest BCUT2D eigenvalue weighted by atomic mass is 79.9. The van der Waals surface area contributed by atoms with Gasteiger partial charge in [0.05, 0.1) is 14.0 Å². The molecule has 0 bridgehead atoms. The average molecular weight is 481 g/mol. The summed E-state index contributed by atoms with van der Waals surface area (Å²) in [6, 6.07) is 1.99. The van der Waals surface area contributed by atoms with E-state index in [9.17, 15) is 4.79 Å². The molecule has 0 atom stereocenters. The molecule has 0 spiro atoms. The summed E-state index contributed by atoms with van der Waals surface area (Å²) >= 11 is 5.14. The Labute approximate surface area is 184 Å². The molecule has 3 heterocycles. The summed E-state index contributed by atoms with van der Waals surface area (Å²) in [4.78, 5) is 23.0. The third-order valence-corrected chi connectivity index (χ3v) is 5.76. The molecule has 29 heavy (non-hydrogen) atoms. The van der Waals surface area contributed by atoms with Gasteiger partial charge in [-0.15, -0.1) is 11.3 Å². The first-order chi connectivity index (χ1) is 13.4. The van der Waals surface area contributed by atoms with Crippen LogP contribution in [0.2, 0.25) is 0 Å². The molecule has 0 amide bonds. The quantitative estimate of drug-likeness (QED) is 0.447. The maximum atomic E-state index is 13.2. The molecular formula is C21H29BrN4O2S. The summed E-state index contributed by atoms with van der Waals surface area (Å²) in [5.74, 6) is 1.36. The van der Waals surface area contributed by atoms with Gasteiger partial charge in [-0.2, -0.15) is 0 Å². The zero-order valence-corrected chi connectivity index (χ0v) is 20.5. The van der Waals surface area contributed by atoms with E-state index in [0.29, 0.717) is 23.6 Å². The van der Waals surface area contributed by atoms with Crippen molar-refractivity contribution in [3.8, 4) is 0 Å². The van der Waals surface area contributed by atoms with E-state index in [1.807, 2.05) is 26.8 Å². The summed E-state index contributed by atoms with van der Waals surface area (Å²) in [6.45, 7) is 14.0. The van der Waals surface area contributed by atoms with E-state index >= 15 is 0 Å². The van der Waals surface area contributed by atoms with Gasteiger partial charge in [0.25, 0.3) is 0 Å². The van der Waals surface area contributed by atoms with Gasteiger partial charge in [-0.25, -0.2) is 19.3 Å². The molecule has 1 N–H and O–H groups in total. The van der Waals surface area contributed by atoms with Crippen LogP contribution in [0.4, 0.5) is 10.6 Å². The van der Waals surface area contributed by atoms with Gasteiger partial charge in [-0.05, 0) is 70.0 Å². The number of pyridine rings is 1. The van der Waals surface area contributed by atoms with Crippen molar-refractivity contribution in [2.24, 2.45) is 0 Å². The molecule has 158 valence electrons. The maximum Gasteiger partial charge on any atom is 0.420 e. The lowest BCUT2D eigenvalue weighted by Gasteiger charge is -2.23. The molecule has 0 aromatic carbocycles. The van der Waals surface area contributed by atoms with E-state index in [2.05, 4.69) is 48.9 Å². The Kier molecular flexibility index (Phi) is 5.98. The van der Waals surface area contributed by atoms with E-state index in [1.54, 1.807) is 15.9 Å². The van der Waals surface area contributed by atoms with Crippen LogP contribution in [0.3, 0.4) is 0 Å². The first kappa shape index (κ1) is 22.0. The van der Waals surface area contributed by atoms with Gasteiger partial charge in [-0.3, -0.25) is 0 Å². The van der Waals surface area contributed by atoms with Crippen molar-refractivity contribution in [3.63, 3.8) is 0 Å². The molecular weight excluding hydrogens is 452 g/mol. The summed E-state index contributed by atoms with van der Waals surface area (Å²) < 4.78 is 9.30. The Morgan fingerprint density at radius 2 is 1.93 bits per heavy atom. The number of fused-ring (bicyclic) bond motifs is 3. The maximum absolute atomic E-state index is 13.2. The fourth-order valence-electron chi connectivity index (χ4n) is 3.07. The van der Waals surface area contributed by atoms with Crippen LogP contribution in [-0.4, -0.2) is 31.8 Å². The predicted octanol–water partition coefficient (Wildman–Crippen LogP) is 6.74. The number of halogens is 1. The third-order valence-electron chi connectivity index (χ3n) is 4.12. The predicted molar refractivity (Wildman–Crippen MR) is 124 cm³/mol. The number of rotatable bonds is 4. The highest BCUT2D eigenvalue weighted by molar-refractivity contribution is 9.11. The lowest BCUT2D eigenvalue weighted by atomic mass is 10.1. The van der Waals surface area contributed by atoms with Crippen LogP contribution in [0, 0.1) is 0 Å². The second-order valence-corrected chi connectivity index (χ2v) is 11.7. The number of hydrogen-bond donors (Lipinski definition) is 1. The third kappa shape index (κ3) is 4.91. The molecule has 0 fully saturated rings. The summed E-state index contributed by atoms with van der Waals surface area (Å²) in [5, 5.41) is 3.46. The topological polar surface area (TPSA) is 69.0 Å². The lowest BCUT2D eigenvalue weighted by Crippen LogP contribution is -2.30. The van der Waals surface area contributed by atoms with Crippen molar-refractivity contribution >= 4 is 60.4 Å². The molecule has 0 aliphatic heterocycles. The van der Waals surface area contributed by atoms with Crippen LogP contribution >= 0.6 is 27.3 Å². The van der Waals surface area contributed by atoms with Gasteiger partial charge in [-0.1, -0.05) is 13.3 Å². The Morgan fingerprint density at radius 3 is 2.52 bits per heavy atom. The Bertz CT molecular complexity index is 1060.